The fourth-order valence-corrected chi connectivity index (χ4v) is 1.53. The third-order valence-corrected chi connectivity index (χ3v) is 2.24. The zero-order valence-electron chi connectivity index (χ0n) is 9.72. The van der Waals surface area contributed by atoms with Gasteiger partial charge in [-0.3, -0.25) is 0 Å². The maximum atomic E-state index is 5.77. The van der Waals surface area contributed by atoms with Crippen LogP contribution in [0.5, 0.6) is 12.0 Å². The summed E-state index contributed by atoms with van der Waals surface area (Å²) < 4.78 is 16.1. The Morgan fingerprint density at radius 1 is 1.29 bits per heavy atom. The molecule has 1 aliphatic heterocycles. The molecule has 0 N–H and O–H groups in total. The Labute approximate surface area is 104 Å². The molecule has 1 aromatic rings. The van der Waals surface area contributed by atoms with E-state index in [4.69, 9.17) is 25.8 Å². The lowest BCUT2D eigenvalue weighted by Crippen LogP contribution is -2.18. The molecule has 1 fully saturated rings. The smallest absolute Gasteiger partial charge is 0.324 e. The van der Waals surface area contributed by atoms with Crippen molar-refractivity contribution in [1.29, 1.82) is 0 Å². The summed E-state index contributed by atoms with van der Waals surface area (Å²) in [5.41, 5.74) is 0. The lowest BCUT2D eigenvalue weighted by Gasteiger charge is -2.11. The van der Waals surface area contributed by atoms with E-state index in [-0.39, 0.29) is 29.5 Å². The third-order valence-electron chi connectivity index (χ3n) is 2.07. The van der Waals surface area contributed by atoms with Crippen LogP contribution in [0, 0.1) is 0 Å². The molecule has 2 rings (SSSR count). The Morgan fingerprint density at radius 3 is 2.71 bits per heavy atom. The molecule has 7 heteroatoms. The van der Waals surface area contributed by atoms with Crippen molar-refractivity contribution in [3.63, 3.8) is 0 Å². The van der Waals surface area contributed by atoms with Crippen LogP contribution in [0.4, 0.5) is 0 Å². The van der Waals surface area contributed by atoms with Crippen molar-refractivity contribution in [2.75, 3.05) is 13.2 Å². The maximum absolute atomic E-state index is 5.77. The normalized spacial score (nSPS) is 19.6. The molecule has 0 spiro atoms. The molecule has 0 radical (unpaired) electrons. The second-order valence-corrected chi connectivity index (χ2v) is 4.28. The highest BCUT2D eigenvalue weighted by Gasteiger charge is 2.19. The number of rotatable bonds is 4. The van der Waals surface area contributed by atoms with Gasteiger partial charge < -0.3 is 14.2 Å². The summed E-state index contributed by atoms with van der Waals surface area (Å²) in [7, 11) is 0. The fraction of sp³-hybridized carbons (Fsp3) is 0.700. The Balaban J connectivity index is 2.07. The Morgan fingerprint density at radius 2 is 2.06 bits per heavy atom. The van der Waals surface area contributed by atoms with Crippen molar-refractivity contribution < 1.29 is 14.2 Å². The molecule has 0 amide bonds. The van der Waals surface area contributed by atoms with E-state index in [9.17, 15) is 0 Å². The predicted octanol–water partition coefficient (Wildman–Crippen LogP) is 1.48. The third kappa shape index (κ3) is 3.67. The second-order valence-electron chi connectivity index (χ2n) is 3.94. The van der Waals surface area contributed by atoms with Crippen LogP contribution in [0.1, 0.15) is 20.3 Å². The SMILES string of the molecule is CC(C)Oc1nc(Cl)nc(OC2CCOC2)n1. The minimum absolute atomic E-state index is 0.0274. The van der Waals surface area contributed by atoms with Gasteiger partial charge in [0.2, 0.25) is 5.28 Å². The van der Waals surface area contributed by atoms with Gasteiger partial charge in [0.15, 0.2) is 0 Å². The number of hydrogen-bond donors (Lipinski definition) is 0. The lowest BCUT2D eigenvalue weighted by atomic mass is 10.3. The molecule has 94 valence electrons. The van der Waals surface area contributed by atoms with Gasteiger partial charge in [-0.15, -0.1) is 4.98 Å². The average molecular weight is 260 g/mol. The van der Waals surface area contributed by atoms with E-state index in [1.807, 2.05) is 13.8 Å². The topological polar surface area (TPSA) is 66.4 Å². The molecule has 0 saturated carbocycles. The molecule has 1 aromatic heterocycles. The number of nitrogens with zero attached hydrogens (tertiary/aromatic N) is 3. The second kappa shape index (κ2) is 5.46. The largest absolute Gasteiger partial charge is 0.461 e. The highest BCUT2D eigenvalue weighted by Crippen LogP contribution is 2.17. The molecule has 2 heterocycles. The van der Waals surface area contributed by atoms with Crippen molar-refractivity contribution in [3.05, 3.63) is 5.28 Å². The number of halogens is 1. The standard InChI is InChI=1S/C10H14ClN3O3/c1-6(2)16-9-12-8(11)13-10(14-9)17-7-3-4-15-5-7/h6-7H,3-5H2,1-2H3. The molecular formula is C10H14ClN3O3. The van der Waals surface area contributed by atoms with Gasteiger partial charge in [0.1, 0.15) is 6.10 Å². The van der Waals surface area contributed by atoms with Crippen molar-refractivity contribution in [1.82, 2.24) is 15.0 Å². The molecule has 1 aliphatic rings. The van der Waals surface area contributed by atoms with Gasteiger partial charge >= 0.3 is 12.0 Å². The summed E-state index contributed by atoms with van der Waals surface area (Å²) in [6.07, 6.45) is 0.764. The predicted molar refractivity (Wildman–Crippen MR) is 60.5 cm³/mol. The van der Waals surface area contributed by atoms with E-state index >= 15 is 0 Å². The first-order valence-corrected chi connectivity index (χ1v) is 5.84. The quantitative estimate of drug-likeness (QED) is 0.816. The van der Waals surface area contributed by atoms with Crippen molar-refractivity contribution in [2.45, 2.75) is 32.5 Å². The summed E-state index contributed by atoms with van der Waals surface area (Å²) in [6, 6.07) is 0.352. The molecule has 0 bridgehead atoms. The van der Waals surface area contributed by atoms with Gasteiger partial charge in [-0.05, 0) is 25.4 Å². The summed E-state index contributed by atoms with van der Waals surface area (Å²) in [5.74, 6) is 0. The highest BCUT2D eigenvalue weighted by molar-refractivity contribution is 6.28. The Bertz CT molecular complexity index is 383. The van der Waals surface area contributed by atoms with E-state index in [0.29, 0.717) is 13.2 Å². The van der Waals surface area contributed by atoms with Crippen LogP contribution < -0.4 is 9.47 Å². The summed E-state index contributed by atoms with van der Waals surface area (Å²) in [6.45, 7) is 4.99. The van der Waals surface area contributed by atoms with E-state index < -0.39 is 0 Å². The van der Waals surface area contributed by atoms with E-state index in [1.165, 1.54) is 0 Å². The van der Waals surface area contributed by atoms with Crippen LogP contribution in [-0.2, 0) is 4.74 Å². The molecule has 0 aliphatic carbocycles. The molecule has 17 heavy (non-hydrogen) atoms. The van der Waals surface area contributed by atoms with Crippen LogP contribution >= 0.6 is 11.6 Å². The minimum Gasteiger partial charge on any atom is -0.461 e. The van der Waals surface area contributed by atoms with Crippen molar-refractivity contribution in [2.24, 2.45) is 0 Å². The minimum atomic E-state index is -0.0314. The van der Waals surface area contributed by atoms with Crippen LogP contribution in [0.15, 0.2) is 0 Å². The van der Waals surface area contributed by atoms with Gasteiger partial charge in [-0.25, -0.2) is 0 Å². The highest BCUT2D eigenvalue weighted by atomic mass is 35.5. The summed E-state index contributed by atoms with van der Waals surface area (Å²) >= 11 is 5.77. The van der Waals surface area contributed by atoms with Gasteiger partial charge in [0, 0.05) is 6.42 Å². The summed E-state index contributed by atoms with van der Waals surface area (Å²) in [5, 5.41) is 0.0598. The zero-order valence-corrected chi connectivity index (χ0v) is 10.5. The fourth-order valence-electron chi connectivity index (χ4n) is 1.39. The first-order chi connectivity index (χ1) is 8.13. The molecule has 1 atom stereocenters. The van der Waals surface area contributed by atoms with E-state index in [0.717, 1.165) is 6.42 Å². The van der Waals surface area contributed by atoms with Crippen LogP contribution in [0.25, 0.3) is 0 Å². The first kappa shape index (κ1) is 12.3. The summed E-state index contributed by atoms with van der Waals surface area (Å²) in [4.78, 5) is 11.8. The number of ether oxygens (including phenoxy) is 3. The molecule has 6 nitrogen and oxygen atoms in total. The van der Waals surface area contributed by atoms with Gasteiger partial charge in [0.05, 0.1) is 19.3 Å². The molecule has 1 saturated heterocycles. The molecule has 0 aromatic carbocycles. The Hall–Kier alpha value is -1.14. The number of hydrogen-bond acceptors (Lipinski definition) is 6. The monoisotopic (exact) mass is 259 g/mol. The first-order valence-electron chi connectivity index (χ1n) is 5.46. The van der Waals surface area contributed by atoms with Crippen molar-refractivity contribution >= 4 is 11.6 Å². The van der Waals surface area contributed by atoms with Gasteiger partial charge in [-0.1, -0.05) is 0 Å². The number of aromatic nitrogens is 3. The lowest BCUT2D eigenvalue weighted by molar-refractivity contribution is 0.131. The van der Waals surface area contributed by atoms with E-state index in [2.05, 4.69) is 15.0 Å². The molecule has 1 unspecified atom stereocenters. The van der Waals surface area contributed by atoms with Gasteiger partial charge in [-0.2, -0.15) is 9.97 Å². The average Bonchev–Trinajstić information content (AvgIpc) is 2.67. The van der Waals surface area contributed by atoms with E-state index in [1.54, 1.807) is 0 Å². The van der Waals surface area contributed by atoms with Crippen LogP contribution in [0.3, 0.4) is 0 Å². The Kier molecular flexibility index (Phi) is 3.96. The van der Waals surface area contributed by atoms with Crippen LogP contribution in [-0.4, -0.2) is 40.4 Å². The van der Waals surface area contributed by atoms with Crippen LogP contribution in [0.2, 0.25) is 5.28 Å². The van der Waals surface area contributed by atoms with Crippen molar-refractivity contribution in [3.8, 4) is 12.0 Å². The van der Waals surface area contributed by atoms with Gasteiger partial charge in [0.25, 0.3) is 0 Å². The zero-order chi connectivity index (χ0) is 12.3. The maximum Gasteiger partial charge on any atom is 0.324 e. The molecular weight excluding hydrogens is 246 g/mol.